The average Bonchev–Trinajstić information content (AvgIpc) is 2.16. The second kappa shape index (κ2) is 3.38. The van der Waals surface area contributed by atoms with Gasteiger partial charge in [-0.3, -0.25) is 4.79 Å². The zero-order valence-corrected chi connectivity index (χ0v) is 8.06. The van der Waals surface area contributed by atoms with E-state index >= 15 is 0 Å². The Morgan fingerprint density at radius 2 is 2.00 bits per heavy atom. The van der Waals surface area contributed by atoms with E-state index in [4.69, 9.17) is 5.11 Å². The molecule has 1 amide bonds. The number of benzene rings is 1. The Hall–Kier alpha value is -1.84. The fourth-order valence-corrected chi connectivity index (χ4v) is 1.78. The first kappa shape index (κ1) is 9.71. The highest BCUT2D eigenvalue weighted by Crippen LogP contribution is 2.25. The molecule has 0 aliphatic carbocycles. The number of hydrogen-bond donors (Lipinski definition) is 2. The zero-order chi connectivity index (χ0) is 10.9. The summed E-state index contributed by atoms with van der Waals surface area (Å²) >= 11 is 0. The maximum absolute atomic E-state index is 11.0. The minimum Gasteiger partial charge on any atom is -0.479 e. The summed E-state index contributed by atoms with van der Waals surface area (Å²) in [5, 5.41) is 11.5. The van der Waals surface area contributed by atoms with Crippen molar-refractivity contribution in [2.24, 2.45) is 0 Å². The van der Waals surface area contributed by atoms with E-state index in [1.807, 2.05) is 30.3 Å². The lowest BCUT2D eigenvalue weighted by Gasteiger charge is -2.38. The number of rotatable bonds is 3. The van der Waals surface area contributed by atoms with E-state index in [0.717, 1.165) is 5.56 Å². The van der Waals surface area contributed by atoms with Crippen molar-refractivity contribution < 1.29 is 14.7 Å². The molecule has 1 atom stereocenters. The minimum absolute atomic E-state index is 0.0667. The number of carboxylic acid groups (broad SMARTS) is 1. The van der Waals surface area contributed by atoms with Crippen molar-refractivity contribution in [3.05, 3.63) is 35.9 Å². The van der Waals surface area contributed by atoms with E-state index in [1.54, 1.807) is 0 Å². The summed E-state index contributed by atoms with van der Waals surface area (Å²) in [7, 11) is 0. The predicted octanol–water partition coefficient (Wildman–Crippen LogP) is 0.572. The van der Waals surface area contributed by atoms with Crippen molar-refractivity contribution in [3.8, 4) is 0 Å². The van der Waals surface area contributed by atoms with Crippen LogP contribution in [0.5, 0.6) is 0 Å². The van der Waals surface area contributed by atoms with Gasteiger partial charge in [0.05, 0.1) is 6.42 Å². The van der Waals surface area contributed by atoms with E-state index < -0.39 is 11.5 Å². The zero-order valence-electron chi connectivity index (χ0n) is 8.06. The number of hydrogen-bond acceptors (Lipinski definition) is 2. The first-order chi connectivity index (χ1) is 7.12. The van der Waals surface area contributed by atoms with Crippen LogP contribution in [-0.2, 0) is 16.0 Å². The highest BCUT2D eigenvalue weighted by molar-refractivity contribution is 5.98. The normalized spacial score (nSPS) is 24.1. The molecule has 1 heterocycles. The second-order valence-corrected chi connectivity index (χ2v) is 3.77. The molecule has 1 aromatic rings. The van der Waals surface area contributed by atoms with Crippen molar-refractivity contribution >= 4 is 11.9 Å². The van der Waals surface area contributed by atoms with Gasteiger partial charge in [-0.2, -0.15) is 0 Å². The van der Waals surface area contributed by atoms with Crippen LogP contribution in [0.4, 0.5) is 0 Å². The molecule has 0 spiro atoms. The highest BCUT2D eigenvalue weighted by Gasteiger charge is 2.49. The topological polar surface area (TPSA) is 66.4 Å². The van der Waals surface area contributed by atoms with E-state index in [2.05, 4.69) is 5.32 Å². The quantitative estimate of drug-likeness (QED) is 0.709. The van der Waals surface area contributed by atoms with Crippen molar-refractivity contribution in [1.29, 1.82) is 0 Å². The molecule has 0 bridgehead atoms. The monoisotopic (exact) mass is 205 g/mol. The van der Waals surface area contributed by atoms with Crippen LogP contribution in [-0.4, -0.2) is 22.5 Å². The fourth-order valence-electron chi connectivity index (χ4n) is 1.78. The lowest BCUT2D eigenvalue weighted by atomic mass is 9.81. The number of carbonyl (C=O) groups excluding carboxylic acids is 1. The Labute approximate surface area is 86.9 Å². The molecule has 1 aliphatic rings. The van der Waals surface area contributed by atoms with E-state index in [1.165, 1.54) is 0 Å². The molecule has 78 valence electrons. The van der Waals surface area contributed by atoms with E-state index in [-0.39, 0.29) is 12.3 Å². The Kier molecular flexibility index (Phi) is 2.19. The van der Waals surface area contributed by atoms with Crippen molar-refractivity contribution in [3.63, 3.8) is 0 Å². The van der Waals surface area contributed by atoms with Crippen LogP contribution in [0, 0.1) is 0 Å². The van der Waals surface area contributed by atoms with Crippen LogP contribution in [0.3, 0.4) is 0 Å². The molecule has 0 aromatic heterocycles. The Morgan fingerprint density at radius 1 is 1.40 bits per heavy atom. The Morgan fingerprint density at radius 3 is 2.47 bits per heavy atom. The predicted molar refractivity (Wildman–Crippen MR) is 53.3 cm³/mol. The number of aliphatic carboxylic acids is 1. The fraction of sp³-hybridized carbons (Fsp3) is 0.273. The number of nitrogens with one attached hydrogen (secondary N) is 1. The van der Waals surface area contributed by atoms with Gasteiger partial charge in [0.1, 0.15) is 0 Å². The van der Waals surface area contributed by atoms with Crippen LogP contribution >= 0.6 is 0 Å². The van der Waals surface area contributed by atoms with E-state index in [9.17, 15) is 9.59 Å². The first-order valence-corrected chi connectivity index (χ1v) is 4.71. The van der Waals surface area contributed by atoms with Crippen molar-refractivity contribution in [2.45, 2.75) is 18.4 Å². The SMILES string of the molecule is O=C1CC(Cc2ccccc2)(C(=O)O)N1. The van der Waals surface area contributed by atoms with Gasteiger partial charge in [0.25, 0.3) is 0 Å². The van der Waals surface area contributed by atoms with Gasteiger partial charge in [-0.15, -0.1) is 0 Å². The smallest absolute Gasteiger partial charge is 0.330 e. The summed E-state index contributed by atoms with van der Waals surface area (Å²) in [4.78, 5) is 21.9. The van der Waals surface area contributed by atoms with Gasteiger partial charge in [-0.1, -0.05) is 30.3 Å². The van der Waals surface area contributed by atoms with Gasteiger partial charge in [-0.05, 0) is 5.56 Å². The summed E-state index contributed by atoms with van der Waals surface area (Å²) in [6.45, 7) is 0. The van der Waals surface area contributed by atoms with Crippen LogP contribution in [0.2, 0.25) is 0 Å². The molecule has 2 N–H and O–H groups in total. The van der Waals surface area contributed by atoms with Gasteiger partial charge < -0.3 is 10.4 Å². The molecule has 0 radical (unpaired) electrons. The standard InChI is InChI=1S/C11H11NO3/c13-9-7-11(12-9,10(14)15)6-8-4-2-1-3-5-8/h1-5H,6-7H2,(H,12,13)(H,14,15). The first-order valence-electron chi connectivity index (χ1n) is 4.71. The molecule has 15 heavy (non-hydrogen) atoms. The highest BCUT2D eigenvalue weighted by atomic mass is 16.4. The van der Waals surface area contributed by atoms with Gasteiger partial charge >= 0.3 is 5.97 Å². The largest absolute Gasteiger partial charge is 0.479 e. The van der Waals surface area contributed by atoms with Crippen LogP contribution in [0.1, 0.15) is 12.0 Å². The molecule has 1 unspecified atom stereocenters. The molecule has 2 rings (SSSR count). The molecule has 1 aliphatic heterocycles. The summed E-state index contributed by atoms with van der Waals surface area (Å²) in [6, 6.07) is 9.29. The molecular weight excluding hydrogens is 194 g/mol. The molecule has 1 aromatic carbocycles. The summed E-state index contributed by atoms with van der Waals surface area (Å²) < 4.78 is 0. The van der Waals surface area contributed by atoms with Gasteiger partial charge in [0.15, 0.2) is 5.54 Å². The Balaban J connectivity index is 2.16. The molecule has 4 heteroatoms. The van der Waals surface area contributed by atoms with Crippen molar-refractivity contribution in [2.75, 3.05) is 0 Å². The van der Waals surface area contributed by atoms with Gasteiger partial charge in [-0.25, -0.2) is 4.79 Å². The number of β-lactam (4-membered cyclic amide) rings is 1. The number of carbonyl (C=O) groups is 2. The minimum atomic E-state index is -1.08. The third kappa shape index (κ3) is 1.70. The second-order valence-electron chi connectivity index (χ2n) is 3.77. The maximum Gasteiger partial charge on any atom is 0.330 e. The molecule has 4 nitrogen and oxygen atoms in total. The average molecular weight is 205 g/mol. The molecule has 1 saturated heterocycles. The molecular formula is C11H11NO3. The summed E-state index contributed by atoms with van der Waals surface area (Å²) in [6.07, 6.45) is 0.409. The van der Waals surface area contributed by atoms with E-state index in [0.29, 0.717) is 6.42 Å². The van der Waals surface area contributed by atoms with Crippen molar-refractivity contribution in [1.82, 2.24) is 5.32 Å². The summed E-state index contributed by atoms with van der Waals surface area (Å²) in [5.74, 6) is -1.17. The van der Waals surface area contributed by atoms with Crippen LogP contribution < -0.4 is 5.32 Å². The number of carboxylic acids is 1. The van der Waals surface area contributed by atoms with Crippen LogP contribution in [0.25, 0.3) is 0 Å². The van der Waals surface area contributed by atoms with Gasteiger partial charge in [0, 0.05) is 6.42 Å². The van der Waals surface area contributed by atoms with Crippen LogP contribution in [0.15, 0.2) is 30.3 Å². The lowest BCUT2D eigenvalue weighted by Crippen LogP contribution is -2.66. The maximum atomic E-state index is 11.0. The third-order valence-electron chi connectivity index (χ3n) is 2.60. The lowest BCUT2D eigenvalue weighted by molar-refractivity contribution is -0.156. The molecule has 0 saturated carbocycles. The number of amides is 1. The molecule has 1 fully saturated rings. The Bertz CT molecular complexity index is 392. The summed E-state index contributed by atoms with van der Waals surface area (Å²) in [5.41, 5.74) is -0.168. The third-order valence-corrected chi connectivity index (χ3v) is 2.60. The van der Waals surface area contributed by atoms with Gasteiger partial charge in [0.2, 0.25) is 5.91 Å².